The second-order valence-corrected chi connectivity index (χ2v) is 8.85. The minimum atomic E-state index is -0.255. The standard InChI is InChI=1S/C28H28N2O3/c31-27(24-12-13-24)29-25-16-14-22(15-17-25)21-8-10-23(11-9-21)26-7-4-18-30(26)28(32)33-19-20-5-2-1-3-6-20/h1-3,5-6,8-11,14-17,24,26H,4,7,12-13,18-19H2,(H,29,31). The number of carbonyl (C=O) groups excluding carboxylic acids is 2. The highest BCUT2D eigenvalue weighted by atomic mass is 16.6. The molecule has 5 nitrogen and oxygen atoms in total. The normalized spacial score (nSPS) is 17.6. The zero-order valence-electron chi connectivity index (χ0n) is 18.6. The highest BCUT2D eigenvalue weighted by molar-refractivity contribution is 5.94. The Labute approximate surface area is 194 Å². The first-order valence-corrected chi connectivity index (χ1v) is 11.7. The van der Waals surface area contributed by atoms with Crippen LogP contribution in [0.3, 0.4) is 0 Å². The number of ether oxygens (including phenoxy) is 1. The zero-order valence-corrected chi connectivity index (χ0v) is 18.6. The molecule has 1 heterocycles. The number of carbonyl (C=O) groups is 2. The SMILES string of the molecule is O=C(Nc1ccc(-c2ccc(C3CCCN3C(=O)OCc3ccccc3)cc2)cc1)C1CC1. The topological polar surface area (TPSA) is 58.6 Å². The summed E-state index contributed by atoms with van der Waals surface area (Å²) in [5.74, 6) is 0.318. The molecule has 0 aromatic heterocycles. The van der Waals surface area contributed by atoms with Crippen molar-refractivity contribution in [3.63, 3.8) is 0 Å². The molecular weight excluding hydrogens is 412 g/mol. The van der Waals surface area contributed by atoms with Crippen LogP contribution in [-0.4, -0.2) is 23.4 Å². The third-order valence-electron chi connectivity index (χ3n) is 6.42. The first-order chi connectivity index (χ1) is 16.2. The fourth-order valence-corrected chi connectivity index (χ4v) is 4.37. The molecule has 2 amide bonds. The number of amides is 2. The highest BCUT2D eigenvalue weighted by Crippen LogP contribution is 2.34. The van der Waals surface area contributed by atoms with E-state index in [1.165, 1.54) is 0 Å². The maximum atomic E-state index is 12.7. The van der Waals surface area contributed by atoms with Gasteiger partial charge in [-0.05, 0) is 60.1 Å². The van der Waals surface area contributed by atoms with E-state index >= 15 is 0 Å². The van der Waals surface area contributed by atoms with Gasteiger partial charge in [-0.15, -0.1) is 0 Å². The van der Waals surface area contributed by atoms with Crippen LogP contribution in [-0.2, 0) is 16.1 Å². The molecule has 5 heteroatoms. The molecular formula is C28H28N2O3. The Balaban J connectivity index is 1.21. The first-order valence-electron chi connectivity index (χ1n) is 11.7. The first kappa shape index (κ1) is 21.3. The monoisotopic (exact) mass is 440 g/mol. The number of nitrogens with zero attached hydrogens (tertiary/aromatic N) is 1. The largest absolute Gasteiger partial charge is 0.445 e. The Morgan fingerprint density at radius 1 is 0.848 bits per heavy atom. The van der Waals surface area contributed by atoms with Crippen molar-refractivity contribution in [1.82, 2.24) is 4.90 Å². The Kier molecular flexibility index (Phi) is 6.11. The van der Waals surface area contributed by atoms with Crippen molar-refractivity contribution < 1.29 is 14.3 Å². The molecule has 168 valence electrons. The number of anilines is 1. The summed E-state index contributed by atoms with van der Waals surface area (Å²) in [5.41, 5.74) is 5.15. The van der Waals surface area contributed by atoms with Gasteiger partial charge in [0.15, 0.2) is 0 Å². The van der Waals surface area contributed by atoms with Crippen LogP contribution in [0.1, 0.15) is 42.9 Å². The maximum Gasteiger partial charge on any atom is 0.410 e. The molecule has 0 radical (unpaired) electrons. The van der Waals surface area contributed by atoms with Gasteiger partial charge in [-0.1, -0.05) is 66.7 Å². The number of hydrogen-bond donors (Lipinski definition) is 1. The van der Waals surface area contributed by atoms with Crippen LogP contribution in [0.25, 0.3) is 11.1 Å². The molecule has 1 aliphatic carbocycles. The lowest BCUT2D eigenvalue weighted by Gasteiger charge is -2.24. The minimum Gasteiger partial charge on any atom is -0.445 e. The molecule has 2 fully saturated rings. The van der Waals surface area contributed by atoms with Gasteiger partial charge in [-0.25, -0.2) is 4.79 Å². The molecule has 3 aromatic carbocycles. The average Bonchev–Trinajstić information content (AvgIpc) is 3.60. The summed E-state index contributed by atoms with van der Waals surface area (Å²) in [6.45, 7) is 1.01. The van der Waals surface area contributed by atoms with Crippen LogP contribution in [0.4, 0.5) is 10.5 Å². The van der Waals surface area contributed by atoms with Gasteiger partial charge in [-0.3, -0.25) is 4.79 Å². The lowest BCUT2D eigenvalue weighted by molar-refractivity contribution is -0.117. The quantitative estimate of drug-likeness (QED) is 0.498. The number of benzene rings is 3. The molecule has 1 saturated heterocycles. The average molecular weight is 441 g/mol. The van der Waals surface area contributed by atoms with Crippen molar-refractivity contribution in [2.45, 2.75) is 38.3 Å². The van der Waals surface area contributed by atoms with Crippen LogP contribution in [0.5, 0.6) is 0 Å². The third-order valence-corrected chi connectivity index (χ3v) is 6.42. The van der Waals surface area contributed by atoms with Gasteiger partial charge in [0.2, 0.25) is 5.91 Å². The van der Waals surface area contributed by atoms with Gasteiger partial charge in [0.05, 0.1) is 6.04 Å². The molecule has 2 aliphatic rings. The van der Waals surface area contributed by atoms with Gasteiger partial charge < -0.3 is 15.0 Å². The van der Waals surface area contributed by atoms with Crippen molar-refractivity contribution in [3.05, 3.63) is 90.0 Å². The third kappa shape index (κ3) is 5.08. The van der Waals surface area contributed by atoms with Gasteiger partial charge in [0.25, 0.3) is 0 Å². The molecule has 0 spiro atoms. The molecule has 1 N–H and O–H groups in total. The summed E-state index contributed by atoms with van der Waals surface area (Å²) in [6.07, 6.45) is 3.66. The van der Waals surface area contributed by atoms with E-state index in [1.54, 1.807) is 0 Å². The van der Waals surface area contributed by atoms with E-state index in [-0.39, 0.29) is 24.0 Å². The maximum absolute atomic E-state index is 12.7. The Bertz CT molecular complexity index is 1110. The predicted octanol–water partition coefficient (Wildman–Crippen LogP) is 6.18. The number of nitrogens with one attached hydrogen (secondary N) is 1. The van der Waals surface area contributed by atoms with E-state index in [0.717, 1.165) is 53.6 Å². The van der Waals surface area contributed by atoms with Crippen molar-refractivity contribution in [2.24, 2.45) is 5.92 Å². The molecule has 5 rings (SSSR count). The Morgan fingerprint density at radius 3 is 2.18 bits per heavy atom. The van der Waals surface area contributed by atoms with Gasteiger partial charge >= 0.3 is 6.09 Å². The Hall–Kier alpha value is -3.60. The molecule has 1 aliphatic heterocycles. The van der Waals surface area contributed by atoms with Crippen molar-refractivity contribution in [3.8, 4) is 11.1 Å². The summed E-state index contributed by atoms with van der Waals surface area (Å²) in [4.78, 5) is 26.5. The van der Waals surface area contributed by atoms with Crippen molar-refractivity contribution in [1.29, 1.82) is 0 Å². The van der Waals surface area contributed by atoms with Crippen LogP contribution in [0.15, 0.2) is 78.9 Å². The number of likely N-dealkylation sites (tertiary alicyclic amines) is 1. The van der Waals surface area contributed by atoms with Crippen LogP contribution >= 0.6 is 0 Å². The minimum absolute atomic E-state index is 0.0438. The van der Waals surface area contributed by atoms with Crippen LogP contribution in [0, 0.1) is 5.92 Å². The van der Waals surface area contributed by atoms with Gasteiger partial charge in [0, 0.05) is 18.2 Å². The summed E-state index contributed by atoms with van der Waals surface area (Å²) < 4.78 is 5.57. The highest BCUT2D eigenvalue weighted by Gasteiger charge is 2.31. The lowest BCUT2D eigenvalue weighted by atomic mass is 9.99. The van der Waals surface area contributed by atoms with E-state index in [0.29, 0.717) is 13.2 Å². The van der Waals surface area contributed by atoms with Gasteiger partial charge in [-0.2, -0.15) is 0 Å². The molecule has 33 heavy (non-hydrogen) atoms. The predicted molar refractivity (Wildman–Crippen MR) is 129 cm³/mol. The van der Waals surface area contributed by atoms with Gasteiger partial charge in [0.1, 0.15) is 6.61 Å². The van der Waals surface area contributed by atoms with Crippen molar-refractivity contribution in [2.75, 3.05) is 11.9 Å². The molecule has 0 bridgehead atoms. The molecule has 1 saturated carbocycles. The van der Waals surface area contributed by atoms with E-state index in [4.69, 9.17) is 4.74 Å². The Morgan fingerprint density at radius 2 is 1.52 bits per heavy atom. The zero-order chi connectivity index (χ0) is 22.6. The summed E-state index contributed by atoms with van der Waals surface area (Å²) in [5, 5.41) is 2.98. The fourth-order valence-electron chi connectivity index (χ4n) is 4.37. The van der Waals surface area contributed by atoms with E-state index in [1.807, 2.05) is 59.5 Å². The second-order valence-electron chi connectivity index (χ2n) is 8.85. The molecule has 3 aromatic rings. The smallest absolute Gasteiger partial charge is 0.410 e. The van der Waals surface area contributed by atoms with Crippen molar-refractivity contribution >= 4 is 17.7 Å². The summed E-state index contributed by atoms with van der Waals surface area (Å²) in [7, 11) is 0. The summed E-state index contributed by atoms with van der Waals surface area (Å²) in [6, 6.07) is 26.2. The number of rotatable bonds is 6. The van der Waals surface area contributed by atoms with E-state index in [9.17, 15) is 9.59 Å². The lowest BCUT2D eigenvalue weighted by Crippen LogP contribution is -2.31. The number of hydrogen-bond acceptors (Lipinski definition) is 3. The molecule has 1 atom stereocenters. The molecule has 1 unspecified atom stereocenters. The van der Waals surface area contributed by atoms with E-state index in [2.05, 4.69) is 29.6 Å². The van der Waals surface area contributed by atoms with Crippen LogP contribution < -0.4 is 5.32 Å². The fraction of sp³-hybridized carbons (Fsp3) is 0.286. The summed E-state index contributed by atoms with van der Waals surface area (Å²) >= 11 is 0. The van der Waals surface area contributed by atoms with Crippen LogP contribution in [0.2, 0.25) is 0 Å². The second kappa shape index (κ2) is 9.49. The van der Waals surface area contributed by atoms with E-state index < -0.39 is 0 Å².